The fraction of sp³-hybridized carbons (Fsp3) is 0.0500. The lowest BCUT2D eigenvalue weighted by Crippen LogP contribution is -1.83. The number of benzene rings is 2. The molecule has 0 amide bonds. The van der Waals surface area contributed by atoms with Gasteiger partial charge in [-0.05, 0) is 35.4 Å². The topological polar surface area (TPSA) is 46.8 Å². The number of rotatable bonds is 3. The first kappa shape index (κ1) is 14.3. The van der Waals surface area contributed by atoms with Gasteiger partial charge < -0.3 is 14.2 Å². The lowest BCUT2D eigenvalue weighted by atomic mass is 10.0. The molecule has 2 heterocycles. The Kier molecular flexibility index (Phi) is 3.43. The zero-order valence-corrected chi connectivity index (χ0v) is 13.2. The summed E-state index contributed by atoms with van der Waals surface area (Å²) in [5.41, 5.74) is 4.67. The molecule has 118 valence electrons. The predicted molar refractivity (Wildman–Crippen MR) is 94.3 cm³/mol. The highest BCUT2D eigenvalue weighted by atomic mass is 16.5. The van der Waals surface area contributed by atoms with E-state index in [0.717, 1.165) is 28.1 Å². The summed E-state index contributed by atoms with van der Waals surface area (Å²) in [6.07, 6.45) is 3.79. The molecule has 0 radical (unpaired) electrons. The highest BCUT2D eigenvalue weighted by molar-refractivity contribution is 5.71. The molecule has 0 spiro atoms. The van der Waals surface area contributed by atoms with Crippen LogP contribution in [0.5, 0.6) is 11.5 Å². The quantitative estimate of drug-likeness (QED) is 0.610. The first-order valence-corrected chi connectivity index (χ1v) is 7.66. The van der Waals surface area contributed by atoms with E-state index in [4.69, 9.17) is 4.74 Å². The number of hydrogen-bond donors (Lipinski definition) is 1. The molecular weight excluding hydrogens is 300 g/mol. The maximum absolute atomic E-state index is 9.87. The highest BCUT2D eigenvalue weighted by Crippen LogP contribution is 2.27. The van der Waals surface area contributed by atoms with Gasteiger partial charge in [-0.2, -0.15) is 0 Å². The van der Waals surface area contributed by atoms with Gasteiger partial charge in [0.15, 0.2) is 11.4 Å². The summed E-state index contributed by atoms with van der Waals surface area (Å²) in [5.74, 6) is 1.03. The minimum absolute atomic E-state index is 0.179. The van der Waals surface area contributed by atoms with Crippen molar-refractivity contribution in [2.45, 2.75) is 0 Å². The molecule has 0 aliphatic heterocycles. The van der Waals surface area contributed by atoms with Crippen LogP contribution in [0.1, 0.15) is 0 Å². The van der Waals surface area contributed by atoms with Crippen LogP contribution in [0.2, 0.25) is 0 Å². The van der Waals surface area contributed by atoms with Crippen molar-refractivity contribution in [3.8, 4) is 33.9 Å². The molecule has 1 N–H and O–H groups in total. The van der Waals surface area contributed by atoms with Crippen LogP contribution in [0.15, 0.2) is 73.1 Å². The zero-order valence-electron chi connectivity index (χ0n) is 13.2. The molecule has 2 aromatic heterocycles. The standard InChI is InChI=1S/C20H16N2O2/c1-24-17-10-8-15(9-11-17)14-4-6-16(7-5-14)18-13-22-12-2-3-19(23)20(22)21-18/h2-13,23H,1H3. The number of pyridine rings is 1. The number of hydrogen-bond acceptors (Lipinski definition) is 3. The third-order valence-electron chi connectivity index (χ3n) is 4.07. The average Bonchev–Trinajstić information content (AvgIpc) is 3.08. The van der Waals surface area contributed by atoms with E-state index in [1.54, 1.807) is 19.2 Å². The Hall–Kier alpha value is -3.27. The minimum Gasteiger partial charge on any atom is -0.504 e. The minimum atomic E-state index is 0.179. The molecule has 0 aliphatic rings. The SMILES string of the molecule is COc1ccc(-c2ccc(-c3cn4cccc(O)c4n3)cc2)cc1. The van der Waals surface area contributed by atoms with E-state index in [1.807, 2.05) is 53.2 Å². The third kappa shape index (κ3) is 2.48. The van der Waals surface area contributed by atoms with Crippen LogP contribution in [-0.4, -0.2) is 21.6 Å². The van der Waals surface area contributed by atoms with Crippen LogP contribution >= 0.6 is 0 Å². The Labute approximate surface area is 139 Å². The van der Waals surface area contributed by atoms with Crippen molar-refractivity contribution in [1.82, 2.24) is 9.38 Å². The van der Waals surface area contributed by atoms with Crippen molar-refractivity contribution in [3.63, 3.8) is 0 Å². The normalized spacial score (nSPS) is 10.9. The fourth-order valence-electron chi connectivity index (χ4n) is 2.75. The molecule has 0 fully saturated rings. The van der Waals surface area contributed by atoms with Gasteiger partial charge in [-0.25, -0.2) is 4.98 Å². The van der Waals surface area contributed by atoms with Gasteiger partial charge >= 0.3 is 0 Å². The second-order valence-electron chi connectivity index (χ2n) is 5.56. The Morgan fingerprint density at radius 2 is 1.50 bits per heavy atom. The second-order valence-corrected chi connectivity index (χ2v) is 5.56. The monoisotopic (exact) mass is 316 g/mol. The van der Waals surface area contributed by atoms with E-state index in [0.29, 0.717) is 5.65 Å². The van der Waals surface area contributed by atoms with Gasteiger partial charge in [0.1, 0.15) is 5.75 Å². The van der Waals surface area contributed by atoms with Gasteiger partial charge in [-0.15, -0.1) is 0 Å². The third-order valence-corrected chi connectivity index (χ3v) is 4.07. The van der Waals surface area contributed by atoms with Gasteiger partial charge in [0.2, 0.25) is 0 Å². The number of imidazole rings is 1. The lowest BCUT2D eigenvalue weighted by molar-refractivity contribution is 0.415. The van der Waals surface area contributed by atoms with E-state index in [9.17, 15) is 5.11 Å². The molecule has 0 saturated carbocycles. The van der Waals surface area contributed by atoms with Crippen molar-refractivity contribution < 1.29 is 9.84 Å². The van der Waals surface area contributed by atoms with Crippen LogP contribution < -0.4 is 4.74 Å². The molecule has 4 heteroatoms. The fourth-order valence-corrected chi connectivity index (χ4v) is 2.75. The molecule has 24 heavy (non-hydrogen) atoms. The summed E-state index contributed by atoms with van der Waals surface area (Å²) in [5, 5.41) is 9.87. The van der Waals surface area contributed by atoms with Gasteiger partial charge in [-0.3, -0.25) is 0 Å². The van der Waals surface area contributed by atoms with E-state index in [-0.39, 0.29) is 5.75 Å². The number of nitrogens with zero attached hydrogens (tertiary/aromatic N) is 2. The maximum Gasteiger partial charge on any atom is 0.180 e. The zero-order chi connectivity index (χ0) is 16.5. The Morgan fingerprint density at radius 1 is 0.875 bits per heavy atom. The smallest absolute Gasteiger partial charge is 0.180 e. The van der Waals surface area contributed by atoms with Gasteiger partial charge in [0.05, 0.1) is 12.8 Å². The molecule has 0 bridgehead atoms. The van der Waals surface area contributed by atoms with E-state index in [1.165, 1.54) is 0 Å². The largest absolute Gasteiger partial charge is 0.504 e. The first-order chi connectivity index (χ1) is 11.7. The van der Waals surface area contributed by atoms with Crippen LogP contribution in [0.4, 0.5) is 0 Å². The van der Waals surface area contributed by atoms with Crippen molar-refractivity contribution in [2.24, 2.45) is 0 Å². The van der Waals surface area contributed by atoms with Crippen molar-refractivity contribution in [2.75, 3.05) is 7.11 Å². The van der Waals surface area contributed by atoms with Crippen LogP contribution in [-0.2, 0) is 0 Å². The van der Waals surface area contributed by atoms with E-state index >= 15 is 0 Å². The lowest BCUT2D eigenvalue weighted by Gasteiger charge is -2.04. The van der Waals surface area contributed by atoms with Crippen LogP contribution in [0.25, 0.3) is 28.0 Å². The summed E-state index contributed by atoms with van der Waals surface area (Å²) in [6.45, 7) is 0. The number of ether oxygens (including phenoxy) is 1. The summed E-state index contributed by atoms with van der Waals surface area (Å²) in [6, 6.07) is 19.6. The van der Waals surface area contributed by atoms with E-state index < -0.39 is 0 Å². The Bertz CT molecular complexity index is 987. The molecule has 2 aromatic carbocycles. The van der Waals surface area contributed by atoms with Gasteiger partial charge in [-0.1, -0.05) is 36.4 Å². The highest BCUT2D eigenvalue weighted by Gasteiger charge is 2.07. The average molecular weight is 316 g/mol. The summed E-state index contributed by atoms with van der Waals surface area (Å²) in [7, 11) is 1.66. The molecular formula is C20H16N2O2. The molecule has 4 nitrogen and oxygen atoms in total. The second kappa shape index (κ2) is 5.74. The van der Waals surface area contributed by atoms with Crippen LogP contribution in [0, 0.1) is 0 Å². The maximum atomic E-state index is 9.87. The van der Waals surface area contributed by atoms with Crippen LogP contribution in [0.3, 0.4) is 0 Å². The summed E-state index contributed by atoms with van der Waals surface area (Å²) < 4.78 is 7.01. The Balaban J connectivity index is 1.68. The Morgan fingerprint density at radius 3 is 2.12 bits per heavy atom. The first-order valence-electron chi connectivity index (χ1n) is 7.66. The van der Waals surface area contributed by atoms with E-state index in [2.05, 4.69) is 17.1 Å². The van der Waals surface area contributed by atoms with Crippen molar-refractivity contribution >= 4 is 5.65 Å². The predicted octanol–water partition coefficient (Wildman–Crippen LogP) is 4.38. The molecule has 0 aliphatic carbocycles. The summed E-state index contributed by atoms with van der Waals surface area (Å²) >= 11 is 0. The van der Waals surface area contributed by atoms with Gasteiger partial charge in [0, 0.05) is 18.0 Å². The summed E-state index contributed by atoms with van der Waals surface area (Å²) in [4.78, 5) is 4.50. The van der Waals surface area contributed by atoms with Crippen molar-refractivity contribution in [1.29, 1.82) is 0 Å². The molecule has 0 unspecified atom stereocenters. The molecule has 0 saturated heterocycles. The molecule has 0 atom stereocenters. The number of aromatic hydroxyl groups is 1. The number of aromatic nitrogens is 2. The van der Waals surface area contributed by atoms with Gasteiger partial charge in [0.25, 0.3) is 0 Å². The molecule has 4 rings (SSSR count). The molecule has 4 aromatic rings. The number of methoxy groups -OCH3 is 1. The number of fused-ring (bicyclic) bond motifs is 1. The van der Waals surface area contributed by atoms with Crippen molar-refractivity contribution in [3.05, 3.63) is 73.1 Å².